The number of amides is 1. The summed E-state index contributed by atoms with van der Waals surface area (Å²) < 4.78 is 16.7. The lowest BCUT2D eigenvalue weighted by Gasteiger charge is -2.30. The molecule has 1 aliphatic heterocycles. The number of carbonyl (C=O) groups is 1. The van der Waals surface area contributed by atoms with Crippen molar-refractivity contribution in [2.75, 3.05) is 27.4 Å². The van der Waals surface area contributed by atoms with Crippen LogP contribution in [0.25, 0.3) is 0 Å². The molecule has 1 aromatic rings. The lowest BCUT2D eigenvalue weighted by Crippen LogP contribution is -2.46. The third kappa shape index (κ3) is 3.51. The zero-order valence-electron chi connectivity index (χ0n) is 13.9. The van der Waals surface area contributed by atoms with Crippen LogP contribution in [0.5, 0.6) is 5.75 Å². The van der Waals surface area contributed by atoms with Gasteiger partial charge in [0.2, 0.25) is 5.91 Å². The first-order chi connectivity index (χ1) is 11.2. The second-order valence-corrected chi connectivity index (χ2v) is 6.19. The van der Waals surface area contributed by atoms with Gasteiger partial charge in [-0.2, -0.15) is 0 Å². The molecule has 1 saturated carbocycles. The van der Waals surface area contributed by atoms with Crippen molar-refractivity contribution in [3.8, 4) is 5.75 Å². The van der Waals surface area contributed by atoms with Gasteiger partial charge in [0, 0.05) is 20.1 Å². The molecule has 1 aromatic carbocycles. The average molecular weight is 319 g/mol. The third-order valence-corrected chi connectivity index (χ3v) is 4.91. The Morgan fingerprint density at radius 1 is 1.35 bits per heavy atom. The quantitative estimate of drug-likeness (QED) is 0.833. The maximum atomic E-state index is 12.7. The fraction of sp³-hybridized carbons (Fsp3) is 0.611. The zero-order valence-corrected chi connectivity index (χ0v) is 13.9. The Hall–Kier alpha value is -1.59. The number of fused-ring (bicyclic) bond motifs is 2. The number of methoxy groups -OCH3 is 2. The highest BCUT2D eigenvalue weighted by atomic mass is 16.5. The monoisotopic (exact) mass is 319 g/mol. The zero-order chi connectivity index (χ0) is 16.2. The number of hydrogen-bond donors (Lipinski definition) is 0. The van der Waals surface area contributed by atoms with Gasteiger partial charge in [-0.25, -0.2) is 0 Å². The van der Waals surface area contributed by atoms with E-state index >= 15 is 0 Å². The van der Waals surface area contributed by atoms with Gasteiger partial charge in [0.05, 0.1) is 25.9 Å². The van der Waals surface area contributed by atoms with Crippen LogP contribution in [-0.2, 0) is 20.7 Å². The van der Waals surface area contributed by atoms with Gasteiger partial charge in [-0.1, -0.05) is 12.1 Å². The number of nitrogens with zero attached hydrogens (tertiary/aromatic N) is 1. The van der Waals surface area contributed by atoms with Gasteiger partial charge < -0.3 is 19.1 Å². The van der Waals surface area contributed by atoms with E-state index in [9.17, 15) is 4.79 Å². The summed E-state index contributed by atoms with van der Waals surface area (Å²) in [6.45, 7) is 1.27. The van der Waals surface area contributed by atoms with Gasteiger partial charge in [0.15, 0.2) is 0 Å². The summed E-state index contributed by atoms with van der Waals surface area (Å²) in [4.78, 5) is 14.7. The predicted molar refractivity (Wildman–Crippen MR) is 86.6 cm³/mol. The van der Waals surface area contributed by atoms with Gasteiger partial charge >= 0.3 is 0 Å². The van der Waals surface area contributed by atoms with Crippen molar-refractivity contribution in [3.63, 3.8) is 0 Å². The van der Waals surface area contributed by atoms with Crippen LogP contribution in [0, 0.1) is 0 Å². The third-order valence-electron chi connectivity index (χ3n) is 4.91. The van der Waals surface area contributed by atoms with E-state index in [-0.39, 0.29) is 24.2 Å². The van der Waals surface area contributed by atoms with Gasteiger partial charge in [-0.05, 0) is 37.0 Å². The maximum Gasteiger partial charge on any atom is 0.223 e. The number of ether oxygens (including phenoxy) is 3. The van der Waals surface area contributed by atoms with E-state index in [4.69, 9.17) is 14.2 Å². The maximum absolute atomic E-state index is 12.7. The summed E-state index contributed by atoms with van der Waals surface area (Å²) >= 11 is 0. The minimum absolute atomic E-state index is 0.0123. The van der Waals surface area contributed by atoms with Crippen molar-refractivity contribution in [1.82, 2.24) is 4.90 Å². The number of rotatable bonds is 5. The van der Waals surface area contributed by atoms with Crippen molar-refractivity contribution in [2.45, 2.75) is 43.9 Å². The molecule has 5 heteroatoms. The first kappa shape index (κ1) is 16.3. The molecular weight excluding hydrogens is 294 g/mol. The average Bonchev–Trinajstić information content (AvgIpc) is 2.88. The fourth-order valence-electron chi connectivity index (χ4n) is 3.73. The summed E-state index contributed by atoms with van der Waals surface area (Å²) in [5.41, 5.74) is 1.12. The Balaban J connectivity index is 1.62. The van der Waals surface area contributed by atoms with E-state index < -0.39 is 0 Å². The summed E-state index contributed by atoms with van der Waals surface area (Å²) in [5, 5.41) is 0. The van der Waals surface area contributed by atoms with E-state index in [0.29, 0.717) is 19.6 Å². The van der Waals surface area contributed by atoms with Crippen LogP contribution in [0.15, 0.2) is 24.3 Å². The van der Waals surface area contributed by atoms with Crippen LogP contribution in [0.3, 0.4) is 0 Å². The van der Waals surface area contributed by atoms with Crippen LogP contribution in [-0.4, -0.2) is 56.4 Å². The molecule has 0 spiro atoms. The summed E-state index contributed by atoms with van der Waals surface area (Å²) in [6.07, 6.45) is 3.32. The molecule has 1 saturated heterocycles. The molecule has 3 atom stereocenters. The summed E-state index contributed by atoms with van der Waals surface area (Å²) in [6, 6.07) is 8.05. The molecule has 126 valence electrons. The first-order valence-corrected chi connectivity index (χ1v) is 8.29. The highest BCUT2D eigenvalue weighted by Crippen LogP contribution is 2.32. The number of hydrogen-bond acceptors (Lipinski definition) is 4. The SMILES string of the molecule is COc1cccc(CCC(=O)N2CCO[C@H]3CC[C@H]2[C@@H]3OC)c1. The molecule has 5 nitrogen and oxygen atoms in total. The predicted octanol–water partition coefficient (Wildman–Crippen LogP) is 2.03. The van der Waals surface area contributed by atoms with E-state index in [2.05, 4.69) is 0 Å². The molecule has 1 amide bonds. The second kappa shape index (κ2) is 7.32. The Morgan fingerprint density at radius 2 is 2.22 bits per heavy atom. The molecule has 23 heavy (non-hydrogen) atoms. The lowest BCUT2D eigenvalue weighted by atomic mass is 10.1. The highest BCUT2D eigenvalue weighted by molar-refractivity contribution is 5.77. The summed E-state index contributed by atoms with van der Waals surface area (Å²) in [7, 11) is 3.37. The normalized spacial score (nSPS) is 26.9. The molecule has 0 aromatic heterocycles. The van der Waals surface area contributed by atoms with Gasteiger partial charge in [-0.3, -0.25) is 4.79 Å². The Kier molecular flexibility index (Phi) is 5.18. The second-order valence-electron chi connectivity index (χ2n) is 6.19. The van der Waals surface area contributed by atoms with E-state index in [0.717, 1.165) is 30.6 Å². The summed E-state index contributed by atoms with van der Waals surface area (Å²) in [5.74, 6) is 1.02. The van der Waals surface area contributed by atoms with E-state index in [1.807, 2.05) is 29.2 Å². The van der Waals surface area contributed by atoms with Crippen LogP contribution in [0.4, 0.5) is 0 Å². The molecule has 2 aliphatic rings. The Morgan fingerprint density at radius 3 is 3.00 bits per heavy atom. The largest absolute Gasteiger partial charge is 0.497 e. The van der Waals surface area contributed by atoms with Gasteiger partial charge in [-0.15, -0.1) is 0 Å². The molecular formula is C18H25NO4. The minimum atomic E-state index is 0.0123. The van der Waals surface area contributed by atoms with Crippen molar-refractivity contribution in [1.29, 1.82) is 0 Å². The number of benzene rings is 1. The first-order valence-electron chi connectivity index (χ1n) is 8.29. The standard InChI is InChI=1S/C18H25NO4/c1-21-14-5-3-4-13(12-14)6-9-17(20)19-10-11-23-16-8-7-15(19)18(16)22-2/h3-5,12,15-16,18H,6-11H2,1-2H3/t15-,16-,18-/m0/s1. The molecule has 0 N–H and O–H groups in total. The highest BCUT2D eigenvalue weighted by Gasteiger charge is 2.43. The number of aryl methyl sites for hydroxylation is 1. The van der Waals surface area contributed by atoms with Gasteiger partial charge in [0.1, 0.15) is 11.9 Å². The van der Waals surface area contributed by atoms with Crippen molar-refractivity contribution < 1.29 is 19.0 Å². The lowest BCUT2D eigenvalue weighted by molar-refractivity contribution is -0.135. The molecule has 3 rings (SSSR count). The van der Waals surface area contributed by atoms with E-state index in [1.165, 1.54) is 0 Å². The number of carbonyl (C=O) groups excluding carboxylic acids is 1. The Bertz CT molecular complexity index is 548. The fourth-order valence-corrected chi connectivity index (χ4v) is 3.73. The molecule has 1 heterocycles. The van der Waals surface area contributed by atoms with Crippen LogP contribution >= 0.6 is 0 Å². The smallest absolute Gasteiger partial charge is 0.223 e. The van der Waals surface area contributed by atoms with Crippen molar-refractivity contribution >= 4 is 5.91 Å². The van der Waals surface area contributed by atoms with Gasteiger partial charge in [0.25, 0.3) is 0 Å². The molecule has 1 aliphatic carbocycles. The molecule has 0 radical (unpaired) electrons. The van der Waals surface area contributed by atoms with Crippen molar-refractivity contribution in [3.05, 3.63) is 29.8 Å². The van der Waals surface area contributed by atoms with Crippen molar-refractivity contribution in [2.24, 2.45) is 0 Å². The van der Waals surface area contributed by atoms with Crippen LogP contribution < -0.4 is 4.74 Å². The van der Waals surface area contributed by atoms with Crippen LogP contribution in [0.1, 0.15) is 24.8 Å². The topological polar surface area (TPSA) is 48.0 Å². The van der Waals surface area contributed by atoms with E-state index in [1.54, 1.807) is 14.2 Å². The Labute approximate surface area is 137 Å². The molecule has 2 bridgehead atoms. The molecule has 2 fully saturated rings. The van der Waals surface area contributed by atoms with Crippen LogP contribution in [0.2, 0.25) is 0 Å². The minimum Gasteiger partial charge on any atom is -0.497 e. The molecule has 0 unspecified atom stereocenters.